The summed E-state index contributed by atoms with van der Waals surface area (Å²) in [6.45, 7) is 16.7. The summed E-state index contributed by atoms with van der Waals surface area (Å²) in [6, 6.07) is 15.4. The van der Waals surface area contributed by atoms with Gasteiger partial charge in [0.05, 0.1) is 0 Å². The first-order valence-electron chi connectivity index (χ1n) is 9.34. The summed E-state index contributed by atoms with van der Waals surface area (Å²) in [5.41, 5.74) is 2.52. The van der Waals surface area contributed by atoms with E-state index >= 15 is 0 Å². The van der Waals surface area contributed by atoms with Gasteiger partial charge < -0.3 is 9.47 Å². The van der Waals surface area contributed by atoms with Crippen LogP contribution < -0.4 is 9.47 Å². The third kappa shape index (κ3) is 6.85. The summed E-state index contributed by atoms with van der Waals surface area (Å²) in [4.78, 5) is 0. The monoisotopic (exact) mass is 378 g/mol. The van der Waals surface area contributed by atoms with Crippen LogP contribution in [-0.2, 0) is 10.8 Å². The Labute approximate surface area is 162 Å². The van der Waals surface area contributed by atoms with Crippen molar-refractivity contribution in [3.63, 3.8) is 0 Å². The lowest BCUT2D eigenvalue weighted by Crippen LogP contribution is -2.25. The Hall–Kier alpha value is -2.10. The molecule has 0 amide bonds. The Kier molecular flexibility index (Phi) is 7.41. The smallest absolute Gasteiger partial charge is 0.395 e. The van der Waals surface area contributed by atoms with Crippen LogP contribution in [0.15, 0.2) is 48.5 Å². The number of benzene rings is 2. The van der Waals surface area contributed by atoms with E-state index in [1.54, 1.807) is 12.1 Å². The van der Waals surface area contributed by atoms with Crippen molar-refractivity contribution in [2.75, 3.05) is 0 Å². The largest absolute Gasteiger partial charge is 0.586 e. The van der Waals surface area contributed by atoms with Crippen LogP contribution in [0.1, 0.15) is 66.5 Å². The highest BCUT2D eigenvalue weighted by atomic mass is 19.3. The summed E-state index contributed by atoms with van der Waals surface area (Å²) in [7, 11) is 0. The molecular weight excluding hydrogens is 346 g/mol. The van der Waals surface area contributed by atoms with E-state index in [-0.39, 0.29) is 16.9 Å². The molecule has 0 unspecified atom stereocenters. The van der Waals surface area contributed by atoms with Gasteiger partial charge in [0.2, 0.25) is 0 Å². The van der Waals surface area contributed by atoms with E-state index in [0.717, 1.165) is 5.56 Å². The van der Waals surface area contributed by atoms with E-state index in [1.165, 1.54) is 11.6 Å². The fraction of sp³-hybridized carbons (Fsp3) is 0.478. The normalized spacial score (nSPS) is 14.4. The molecule has 1 heterocycles. The zero-order chi connectivity index (χ0) is 20.9. The van der Waals surface area contributed by atoms with E-state index in [4.69, 9.17) is 0 Å². The van der Waals surface area contributed by atoms with Crippen molar-refractivity contribution < 1.29 is 18.3 Å². The minimum Gasteiger partial charge on any atom is -0.395 e. The van der Waals surface area contributed by atoms with Crippen LogP contribution in [-0.4, -0.2) is 6.29 Å². The van der Waals surface area contributed by atoms with Gasteiger partial charge in [0.15, 0.2) is 11.5 Å². The lowest BCUT2D eigenvalue weighted by Gasteiger charge is -2.18. The van der Waals surface area contributed by atoms with Crippen LogP contribution in [0, 0.1) is 0 Å². The molecule has 0 saturated heterocycles. The maximum Gasteiger partial charge on any atom is 0.586 e. The van der Waals surface area contributed by atoms with E-state index < -0.39 is 6.29 Å². The number of rotatable bonds is 0. The SMILES string of the molecule is CC.CC(C)(C)c1ccc2c(c1)OC(F)(F)O2.CC(C)(C)c1ccccc1. The van der Waals surface area contributed by atoms with Gasteiger partial charge in [-0.2, -0.15) is 0 Å². The van der Waals surface area contributed by atoms with Crippen LogP contribution in [0.2, 0.25) is 0 Å². The number of hydrogen-bond donors (Lipinski definition) is 0. The number of ether oxygens (including phenoxy) is 2. The summed E-state index contributed by atoms with van der Waals surface area (Å²) in [6.07, 6.45) is -3.53. The standard InChI is InChI=1S/C11H12F2O2.C10H14.C2H6/c1-10(2,3)7-4-5-8-9(6-7)15-11(12,13)14-8;1-10(2,3)9-7-5-4-6-8-9;1-2/h4-6H,1-3H3;4-8H,1-3H3;1-2H3. The summed E-state index contributed by atoms with van der Waals surface area (Å²) < 4.78 is 34.1. The molecule has 27 heavy (non-hydrogen) atoms. The summed E-state index contributed by atoms with van der Waals surface area (Å²) in [5, 5.41) is 0. The molecule has 3 rings (SSSR count). The Bertz CT molecular complexity index is 711. The fourth-order valence-corrected chi connectivity index (χ4v) is 2.35. The molecule has 0 fully saturated rings. The lowest BCUT2D eigenvalue weighted by molar-refractivity contribution is -0.286. The van der Waals surface area contributed by atoms with Crippen LogP contribution in [0.4, 0.5) is 8.78 Å². The second-order valence-electron chi connectivity index (χ2n) is 8.20. The van der Waals surface area contributed by atoms with Crippen LogP contribution in [0.25, 0.3) is 0 Å². The average Bonchev–Trinajstić information content (AvgIpc) is 2.89. The van der Waals surface area contributed by atoms with Crippen molar-refractivity contribution in [2.24, 2.45) is 0 Å². The fourth-order valence-electron chi connectivity index (χ4n) is 2.35. The zero-order valence-electron chi connectivity index (χ0n) is 17.7. The molecule has 1 aliphatic rings. The van der Waals surface area contributed by atoms with Crippen LogP contribution in [0.5, 0.6) is 11.5 Å². The molecule has 0 radical (unpaired) electrons. The second kappa shape index (κ2) is 8.73. The van der Waals surface area contributed by atoms with Crippen LogP contribution in [0.3, 0.4) is 0 Å². The first-order chi connectivity index (χ1) is 12.4. The highest BCUT2D eigenvalue weighted by Gasteiger charge is 2.43. The molecule has 1 aliphatic heterocycles. The second-order valence-corrected chi connectivity index (χ2v) is 8.20. The maximum absolute atomic E-state index is 12.7. The molecule has 0 aliphatic carbocycles. The van der Waals surface area contributed by atoms with Gasteiger partial charge in [-0.15, -0.1) is 8.78 Å². The van der Waals surface area contributed by atoms with Gasteiger partial charge in [-0.3, -0.25) is 0 Å². The van der Waals surface area contributed by atoms with Crippen LogP contribution >= 0.6 is 0 Å². The minimum atomic E-state index is -3.53. The van der Waals surface area contributed by atoms with Crippen molar-refractivity contribution in [2.45, 2.75) is 72.5 Å². The van der Waals surface area contributed by atoms with Gasteiger partial charge in [0, 0.05) is 0 Å². The van der Waals surface area contributed by atoms with Gasteiger partial charge >= 0.3 is 6.29 Å². The van der Waals surface area contributed by atoms with E-state index in [1.807, 2.05) is 34.6 Å². The van der Waals surface area contributed by atoms with E-state index in [9.17, 15) is 8.78 Å². The lowest BCUT2D eigenvalue weighted by atomic mass is 9.87. The van der Waals surface area contributed by atoms with Gasteiger partial charge in [-0.25, -0.2) is 0 Å². The quantitative estimate of drug-likeness (QED) is 0.478. The van der Waals surface area contributed by atoms with Gasteiger partial charge in [0.25, 0.3) is 0 Å². The maximum atomic E-state index is 12.7. The highest BCUT2D eigenvalue weighted by molar-refractivity contribution is 5.46. The first-order valence-corrected chi connectivity index (χ1v) is 9.34. The molecule has 0 N–H and O–H groups in total. The molecule has 150 valence electrons. The van der Waals surface area contributed by atoms with Gasteiger partial charge in [-0.05, 0) is 34.1 Å². The molecule has 2 nitrogen and oxygen atoms in total. The molecule has 0 aromatic heterocycles. The number of hydrogen-bond acceptors (Lipinski definition) is 2. The molecule has 4 heteroatoms. The van der Waals surface area contributed by atoms with Gasteiger partial charge in [0.1, 0.15) is 0 Å². The molecule has 0 bridgehead atoms. The summed E-state index contributed by atoms with van der Waals surface area (Å²) in [5.74, 6) is 0.195. The first kappa shape index (κ1) is 22.9. The minimum absolute atomic E-state index is 0.0907. The van der Waals surface area contributed by atoms with Crippen molar-refractivity contribution in [3.05, 3.63) is 59.7 Å². The van der Waals surface area contributed by atoms with Crippen molar-refractivity contribution in [1.29, 1.82) is 0 Å². The third-order valence-electron chi connectivity index (χ3n) is 3.91. The van der Waals surface area contributed by atoms with Crippen molar-refractivity contribution in [3.8, 4) is 11.5 Å². The molecular formula is C23H32F2O2. The molecule has 2 aromatic carbocycles. The molecule has 0 spiro atoms. The van der Waals surface area contributed by atoms with Gasteiger partial charge in [-0.1, -0.05) is 91.8 Å². The topological polar surface area (TPSA) is 18.5 Å². The predicted octanol–water partition coefficient (Wildman–Crippen LogP) is 7.32. The molecule has 0 atom stereocenters. The Morgan fingerprint density at radius 1 is 0.667 bits per heavy atom. The number of alkyl halides is 2. The number of fused-ring (bicyclic) bond motifs is 1. The number of halogens is 2. The average molecular weight is 379 g/mol. The molecule has 0 saturated carbocycles. The third-order valence-corrected chi connectivity index (χ3v) is 3.91. The molecule has 2 aromatic rings. The zero-order valence-corrected chi connectivity index (χ0v) is 17.7. The van der Waals surface area contributed by atoms with E-state index in [0.29, 0.717) is 5.41 Å². The Morgan fingerprint density at radius 3 is 1.59 bits per heavy atom. The highest BCUT2D eigenvalue weighted by Crippen LogP contribution is 2.42. The summed E-state index contributed by atoms with van der Waals surface area (Å²) >= 11 is 0. The van der Waals surface area contributed by atoms with Crippen molar-refractivity contribution >= 4 is 0 Å². The van der Waals surface area contributed by atoms with E-state index in [2.05, 4.69) is 60.6 Å². The Balaban J connectivity index is 0.000000265. The van der Waals surface area contributed by atoms with Crippen molar-refractivity contribution in [1.82, 2.24) is 0 Å². The Morgan fingerprint density at radius 2 is 1.15 bits per heavy atom. The predicted molar refractivity (Wildman–Crippen MR) is 108 cm³/mol.